The number of hydrogen-bond donors (Lipinski definition) is 0. The lowest BCUT2D eigenvalue weighted by molar-refractivity contribution is 0.156. The van der Waals surface area contributed by atoms with E-state index in [2.05, 4.69) is 26.0 Å². The van der Waals surface area contributed by atoms with Crippen LogP contribution in [0.4, 0.5) is 4.39 Å². The van der Waals surface area contributed by atoms with Gasteiger partial charge in [0.15, 0.2) is 0 Å². The summed E-state index contributed by atoms with van der Waals surface area (Å²) >= 11 is 0. The van der Waals surface area contributed by atoms with Gasteiger partial charge in [-0.15, -0.1) is 0 Å². The van der Waals surface area contributed by atoms with Gasteiger partial charge in [0.2, 0.25) is 0 Å². The summed E-state index contributed by atoms with van der Waals surface area (Å²) in [4.78, 5) is 0. The summed E-state index contributed by atoms with van der Waals surface area (Å²) in [6, 6.07) is 6.40. The molecule has 0 N–H and O–H groups in total. The molecule has 0 heterocycles. The van der Waals surface area contributed by atoms with E-state index >= 15 is 4.39 Å². The Bertz CT molecular complexity index is 684. The molecule has 3 aliphatic rings. The van der Waals surface area contributed by atoms with Gasteiger partial charge in [-0.25, -0.2) is 4.39 Å². The largest absolute Gasteiger partial charge is 0.207 e. The first-order chi connectivity index (χ1) is 16.2. The summed E-state index contributed by atoms with van der Waals surface area (Å²) in [5.41, 5.74) is 2.30. The summed E-state index contributed by atoms with van der Waals surface area (Å²) in [5, 5.41) is 0. The van der Waals surface area contributed by atoms with Crippen LogP contribution in [0.5, 0.6) is 0 Å². The van der Waals surface area contributed by atoms with E-state index in [-0.39, 0.29) is 5.82 Å². The van der Waals surface area contributed by atoms with Crippen molar-refractivity contribution in [3.8, 4) is 0 Å². The Morgan fingerprint density at radius 2 is 1.21 bits per heavy atom. The van der Waals surface area contributed by atoms with E-state index in [1.54, 1.807) is 0 Å². The van der Waals surface area contributed by atoms with Crippen molar-refractivity contribution in [2.24, 2.45) is 23.7 Å². The Kier molecular flexibility index (Phi) is 9.75. The number of rotatable bonds is 9. The van der Waals surface area contributed by atoms with Gasteiger partial charge in [-0.3, -0.25) is 0 Å². The SMILES string of the molecule is CCCCCC1CCC(c2ccc(C3CCC(C4CCC(CCC)CC4)CC3)c(F)c2)CC1. The minimum atomic E-state index is 0.0982. The van der Waals surface area contributed by atoms with Crippen LogP contribution in [0.25, 0.3) is 0 Å². The van der Waals surface area contributed by atoms with Gasteiger partial charge >= 0.3 is 0 Å². The van der Waals surface area contributed by atoms with Gasteiger partial charge in [-0.05, 0) is 117 Å². The molecule has 33 heavy (non-hydrogen) atoms. The molecule has 3 fully saturated rings. The van der Waals surface area contributed by atoms with Crippen molar-refractivity contribution in [3.05, 3.63) is 35.1 Å². The molecule has 0 spiro atoms. The Morgan fingerprint density at radius 3 is 1.82 bits per heavy atom. The summed E-state index contributed by atoms with van der Waals surface area (Å²) < 4.78 is 15.2. The molecular formula is C32H51F. The first-order valence-corrected chi connectivity index (χ1v) is 15.0. The van der Waals surface area contributed by atoms with Crippen molar-refractivity contribution in [1.29, 1.82) is 0 Å². The third-order valence-electron chi connectivity index (χ3n) is 10.0. The first kappa shape index (κ1) is 25.2. The van der Waals surface area contributed by atoms with Crippen molar-refractivity contribution in [1.82, 2.24) is 0 Å². The van der Waals surface area contributed by atoms with Crippen molar-refractivity contribution < 1.29 is 4.39 Å². The quantitative estimate of drug-likeness (QED) is 0.325. The fourth-order valence-corrected chi connectivity index (χ4v) is 7.85. The molecular weight excluding hydrogens is 403 g/mol. The van der Waals surface area contributed by atoms with E-state index in [0.717, 1.165) is 29.2 Å². The molecule has 0 amide bonds. The van der Waals surface area contributed by atoms with E-state index in [9.17, 15) is 0 Å². The van der Waals surface area contributed by atoms with Gasteiger partial charge in [0.25, 0.3) is 0 Å². The van der Waals surface area contributed by atoms with Gasteiger partial charge in [0.05, 0.1) is 0 Å². The second-order valence-corrected chi connectivity index (χ2v) is 12.2. The van der Waals surface area contributed by atoms with Crippen LogP contribution in [-0.4, -0.2) is 0 Å². The highest BCUT2D eigenvalue weighted by molar-refractivity contribution is 5.30. The van der Waals surface area contributed by atoms with Crippen molar-refractivity contribution in [2.75, 3.05) is 0 Å². The topological polar surface area (TPSA) is 0 Å². The van der Waals surface area contributed by atoms with E-state index in [0.29, 0.717) is 11.8 Å². The smallest absolute Gasteiger partial charge is 0.126 e. The molecule has 0 bridgehead atoms. The predicted molar refractivity (Wildman–Crippen MR) is 140 cm³/mol. The molecule has 1 aromatic carbocycles. The summed E-state index contributed by atoms with van der Waals surface area (Å²) in [5.74, 6) is 4.96. The average molecular weight is 455 g/mol. The van der Waals surface area contributed by atoms with Crippen LogP contribution >= 0.6 is 0 Å². The molecule has 0 radical (unpaired) electrons. The minimum Gasteiger partial charge on any atom is -0.207 e. The highest BCUT2D eigenvalue weighted by atomic mass is 19.1. The van der Waals surface area contributed by atoms with Gasteiger partial charge in [0.1, 0.15) is 5.82 Å². The number of hydrogen-bond acceptors (Lipinski definition) is 0. The molecule has 0 saturated heterocycles. The normalized spacial score (nSPS) is 33.2. The Morgan fingerprint density at radius 1 is 0.636 bits per heavy atom. The third kappa shape index (κ3) is 6.85. The molecule has 186 valence electrons. The lowest BCUT2D eigenvalue weighted by Gasteiger charge is -2.38. The van der Waals surface area contributed by atoms with Gasteiger partial charge in [-0.1, -0.05) is 77.3 Å². The lowest BCUT2D eigenvalue weighted by atomic mass is 9.68. The monoisotopic (exact) mass is 454 g/mol. The summed E-state index contributed by atoms with van der Waals surface area (Å²) in [6.07, 6.45) is 24.5. The maximum atomic E-state index is 15.2. The minimum absolute atomic E-state index is 0.0982. The Labute approximate surface area is 204 Å². The third-order valence-corrected chi connectivity index (χ3v) is 10.0. The molecule has 3 saturated carbocycles. The molecule has 1 heteroatoms. The lowest BCUT2D eigenvalue weighted by Crippen LogP contribution is -2.25. The van der Waals surface area contributed by atoms with E-state index < -0.39 is 0 Å². The standard InChI is InChI=1S/C32H51F/c1-3-5-6-8-25-11-15-28(16-12-25)30-21-22-31(32(33)23-30)29-19-17-27(18-20-29)26-13-9-24(7-4-2)10-14-26/h21-29H,3-20H2,1-2H3. The maximum absolute atomic E-state index is 15.2. The van der Waals surface area contributed by atoms with Crippen LogP contribution in [0.3, 0.4) is 0 Å². The zero-order chi connectivity index (χ0) is 23.0. The van der Waals surface area contributed by atoms with Gasteiger partial charge < -0.3 is 0 Å². The van der Waals surface area contributed by atoms with Gasteiger partial charge in [0, 0.05) is 0 Å². The average Bonchev–Trinajstić information content (AvgIpc) is 2.85. The van der Waals surface area contributed by atoms with Crippen molar-refractivity contribution >= 4 is 0 Å². The molecule has 0 nitrogen and oxygen atoms in total. The second-order valence-electron chi connectivity index (χ2n) is 12.2. The fraction of sp³-hybridized carbons (Fsp3) is 0.812. The first-order valence-electron chi connectivity index (χ1n) is 15.0. The zero-order valence-electron chi connectivity index (χ0n) is 21.8. The second kappa shape index (κ2) is 12.7. The van der Waals surface area contributed by atoms with Crippen LogP contribution in [0.1, 0.15) is 152 Å². The molecule has 0 aliphatic heterocycles. The van der Waals surface area contributed by atoms with Crippen LogP contribution in [-0.2, 0) is 0 Å². The molecule has 4 rings (SSSR count). The van der Waals surface area contributed by atoms with Crippen LogP contribution in [0.15, 0.2) is 18.2 Å². The van der Waals surface area contributed by atoms with E-state index in [1.165, 1.54) is 121 Å². The zero-order valence-corrected chi connectivity index (χ0v) is 21.8. The Hall–Kier alpha value is -0.850. The molecule has 3 aliphatic carbocycles. The molecule has 0 unspecified atom stereocenters. The number of benzene rings is 1. The Balaban J connectivity index is 1.24. The fourth-order valence-electron chi connectivity index (χ4n) is 7.85. The predicted octanol–water partition coefficient (Wildman–Crippen LogP) is 10.6. The van der Waals surface area contributed by atoms with Crippen LogP contribution in [0.2, 0.25) is 0 Å². The van der Waals surface area contributed by atoms with Crippen molar-refractivity contribution in [3.63, 3.8) is 0 Å². The molecule has 1 aromatic rings. The maximum Gasteiger partial charge on any atom is 0.126 e. The number of unbranched alkanes of at least 4 members (excludes halogenated alkanes) is 2. The highest BCUT2D eigenvalue weighted by Crippen LogP contribution is 2.45. The number of halogens is 1. The summed E-state index contributed by atoms with van der Waals surface area (Å²) in [7, 11) is 0. The van der Waals surface area contributed by atoms with Gasteiger partial charge in [-0.2, -0.15) is 0 Å². The highest BCUT2D eigenvalue weighted by Gasteiger charge is 2.32. The molecule has 0 atom stereocenters. The van der Waals surface area contributed by atoms with Crippen LogP contribution in [0, 0.1) is 29.5 Å². The van der Waals surface area contributed by atoms with Crippen molar-refractivity contribution in [2.45, 2.75) is 141 Å². The van der Waals surface area contributed by atoms with E-state index in [1.807, 2.05) is 6.07 Å². The summed E-state index contributed by atoms with van der Waals surface area (Å²) in [6.45, 7) is 4.62. The molecule has 0 aromatic heterocycles. The van der Waals surface area contributed by atoms with Crippen LogP contribution < -0.4 is 0 Å². The van der Waals surface area contributed by atoms with E-state index in [4.69, 9.17) is 0 Å².